The van der Waals surface area contributed by atoms with Crippen LogP contribution in [0, 0.1) is 5.92 Å². The second kappa shape index (κ2) is 6.60. The molecule has 0 unspecified atom stereocenters. The highest BCUT2D eigenvalue weighted by atomic mass is 16.6. The van der Waals surface area contributed by atoms with Crippen molar-refractivity contribution in [2.45, 2.75) is 77.4 Å². The van der Waals surface area contributed by atoms with Crippen molar-refractivity contribution in [2.75, 3.05) is 6.54 Å². The van der Waals surface area contributed by atoms with E-state index in [1.807, 2.05) is 27.7 Å². The van der Waals surface area contributed by atoms with E-state index < -0.39 is 5.60 Å². The van der Waals surface area contributed by atoms with E-state index in [1.54, 1.807) is 0 Å². The van der Waals surface area contributed by atoms with Gasteiger partial charge >= 0.3 is 6.09 Å². The third-order valence-corrected chi connectivity index (χ3v) is 3.72. The summed E-state index contributed by atoms with van der Waals surface area (Å²) in [5.41, 5.74) is 5.04. The first-order valence-corrected chi connectivity index (χ1v) is 7.45. The predicted octanol–water partition coefficient (Wildman–Crippen LogP) is 3.20. The number of ether oxygens (including phenoxy) is 1. The molecule has 1 saturated carbocycles. The highest BCUT2D eigenvalue weighted by molar-refractivity contribution is 5.68. The number of carbonyl (C=O) groups excluding carboxylic acids is 1. The minimum atomic E-state index is -0.468. The number of hydrogen-bond donors (Lipinski definition) is 2. The average Bonchev–Trinajstić information content (AvgIpc) is 2.27. The Kier molecular flexibility index (Phi) is 5.65. The summed E-state index contributed by atoms with van der Waals surface area (Å²) in [5.74, 6) is 0.678. The Morgan fingerprint density at radius 1 is 1.21 bits per heavy atom. The van der Waals surface area contributed by atoms with Gasteiger partial charge in [0.05, 0.1) is 5.54 Å². The lowest BCUT2D eigenvalue weighted by Gasteiger charge is -2.35. The van der Waals surface area contributed by atoms with E-state index in [0.717, 1.165) is 6.42 Å². The SMILES string of the molecule is CC(C)(C)OC(=O)N[C@](C)(CN)CC1CCCCC1. The van der Waals surface area contributed by atoms with Gasteiger partial charge in [-0.3, -0.25) is 0 Å². The van der Waals surface area contributed by atoms with E-state index in [9.17, 15) is 4.79 Å². The van der Waals surface area contributed by atoms with Gasteiger partial charge in [0.1, 0.15) is 5.60 Å². The summed E-state index contributed by atoms with van der Waals surface area (Å²) in [4.78, 5) is 11.9. The molecular weight excluding hydrogens is 240 g/mol. The summed E-state index contributed by atoms with van der Waals surface area (Å²) < 4.78 is 5.32. The molecule has 0 saturated heterocycles. The summed E-state index contributed by atoms with van der Waals surface area (Å²) >= 11 is 0. The molecular formula is C15H30N2O2. The van der Waals surface area contributed by atoms with Crippen LogP contribution in [0.4, 0.5) is 4.79 Å². The van der Waals surface area contributed by atoms with E-state index in [4.69, 9.17) is 10.5 Å². The molecule has 3 N–H and O–H groups in total. The molecule has 1 fully saturated rings. The van der Waals surface area contributed by atoms with E-state index in [1.165, 1.54) is 32.1 Å². The fourth-order valence-electron chi connectivity index (χ4n) is 2.76. The Morgan fingerprint density at radius 2 is 1.79 bits per heavy atom. The van der Waals surface area contributed by atoms with Crippen LogP contribution < -0.4 is 11.1 Å². The molecule has 19 heavy (non-hydrogen) atoms. The maximum Gasteiger partial charge on any atom is 0.408 e. The molecule has 0 aromatic rings. The van der Waals surface area contributed by atoms with Crippen LogP contribution in [-0.2, 0) is 4.74 Å². The van der Waals surface area contributed by atoms with Crippen LogP contribution in [-0.4, -0.2) is 23.8 Å². The second-order valence-electron chi connectivity index (χ2n) is 7.10. The van der Waals surface area contributed by atoms with Gasteiger partial charge in [-0.2, -0.15) is 0 Å². The van der Waals surface area contributed by atoms with Crippen molar-refractivity contribution in [1.29, 1.82) is 0 Å². The Labute approximate surface area is 117 Å². The lowest BCUT2D eigenvalue weighted by atomic mass is 9.80. The second-order valence-corrected chi connectivity index (χ2v) is 7.10. The maximum atomic E-state index is 11.9. The van der Waals surface area contributed by atoms with Crippen LogP contribution in [0.15, 0.2) is 0 Å². The molecule has 0 aliphatic heterocycles. The standard InChI is InChI=1S/C15H30N2O2/c1-14(2,3)19-13(18)17-15(4,11-16)10-12-8-6-5-7-9-12/h12H,5-11,16H2,1-4H3,(H,17,18)/t15-/m0/s1. The van der Waals surface area contributed by atoms with Gasteiger partial charge in [0, 0.05) is 6.54 Å². The molecule has 1 aliphatic carbocycles. The number of amides is 1. The molecule has 4 heteroatoms. The zero-order chi connectivity index (χ0) is 14.5. The summed E-state index contributed by atoms with van der Waals surface area (Å²) in [5, 5.41) is 2.96. The number of alkyl carbamates (subject to hydrolysis) is 1. The number of hydrogen-bond acceptors (Lipinski definition) is 3. The number of rotatable bonds is 4. The summed E-state index contributed by atoms with van der Waals surface area (Å²) in [7, 11) is 0. The zero-order valence-corrected chi connectivity index (χ0v) is 12.9. The molecule has 0 bridgehead atoms. The van der Waals surface area contributed by atoms with Gasteiger partial charge in [-0.15, -0.1) is 0 Å². The lowest BCUT2D eigenvalue weighted by molar-refractivity contribution is 0.0448. The molecule has 0 aromatic carbocycles. The fourth-order valence-corrected chi connectivity index (χ4v) is 2.76. The van der Waals surface area contributed by atoms with E-state index in [-0.39, 0.29) is 11.6 Å². The van der Waals surface area contributed by atoms with Crippen molar-refractivity contribution in [3.05, 3.63) is 0 Å². The lowest BCUT2D eigenvalue weighted by Crippen LogP contribution is -2.53. The van der Waals surface area contributed by atoms with Gasteiger partial charge in [-0.25, -0.2) is 4.79 Å². The smallest absolute Gasteiger partial charge is 0.408 e. The van der Waals surface area contributed by atoms with Crippen LogP contribution in [0.3, 0.4) is 0 Å². The molecule has 1 amide bonds. The minimum absolute atomic E-state index is 0.357. The Morgan fingerprint density at radius 3 is 2.26 bits per heavy atom. The van der Waals surface area contributed by atoms with E-state index >= 15 is 0 Å². The first kappa shape index (κ1) is 16.3. The largest absolute Gasteiger partial charge is 0.444 e. The zero-order valence-electron chi connectivity index (χ0n) is 12.9. The first-order valence-electron chi connectivity index (χ1n) is 7.45. The molecule has 1 aliphatic rings. The topological polar surface area (TPSA) is 64.3 Å². The highest BCUT2D eigenvalue weighted by Crippen LogP contribution is 2.30. The molecule has 0 aromatic heterocycles. The van der Waals surface area contributed by atoms with Crippen LogP contribution in [0.1, 0.15) is 66.2 Å². The quantitative estimate of drug-likeness (QED) is 0.824. The van der Waals surface area contributed by atoms with Crippen molar-refractivity contribution < 1.29 is 9.53 Å². The summed E-state index contributed by atoms with van der Waals surface area (Å²) in [6, 6.07) is 0. The van der Waals surface area contributed by atoms with Crippen molar-refractivity contribution in [3.8, 4) is 0 Å². The van der Waals surface area contributed by atoms with E-state index in [0.29, 0.717) is 12.5 Å². The van der Waals surface area contributed by atoms with Crippen molar-refractivity contribution in [1.82, 2.24) is 5.32 Å². The molecule has 1 rings (SSSR count). The van der Waals surface area contributed by atoms with Crippen LogP contribution >= 0.6 is 0 Å². The van der Waals surface area contributed by atoms with E-state index in [2.05, 4.69) is 5.32 Å². The fraction of sp³-hybridized carbons (Fsp3) is 0.933. The summed E-state index contributed by atoms with van der Waals surface area (Å²) in [6.45, 7) is 8.07. The third kappa shape index (κ3) is 6.28. The van der Waals surface area contributed by atoms with Gasteiger partial charge in [0.2, 0.25) is 0 Å². The predicted molar refractivity (Wildman–Crippen MR) is 78.0 cm³/mol. The average molecular weight is 270 g/mol. The molecule has 112 valence electrons. The molecule has 1 atom stereocenters. The highest BCUT2D eigenvalue weighted by Gasteiger charge is 2.31. The molecule has 0 heterocycles. The minimum Gasteiger partial charge on any atom is -0.444 e. The number of nitrogens with one attached hydrogen (secondary N) is 1. The Balaban J connectivity index is 2.51. The Hall–Kier alpha value is -0.770. The van der Waals surface area contributed by atoms with Gasteiger partial charge in [0.25, 0.3) is 0 Å². The third-order valence-electron chi connectivity index (χ3n) is 3.72. The van der Waals surface area contributed by atoms with Crippen LogP contribution in [0.5, 0.6) is 0 Å². The number of nitrogens with two attached hydrogens (primary N) is 1. The van der Waals surface area contributed by atoms with Crippen molar-refractivity contribution in [3.63, 3.8) is 0 Å². The summed E-state index contributed by atoms with van der Waals surface area (Å²) in [6.07, 6.45) is 7.04. The maximum absolute atomic E-state index is 11.9. The van der Waals surface area contributed by atoms with Gasteiger partial charge in [-0.05, 0) is 40.0 Å². The van der Waals surface area contributed by atoms with Gasteiger partial charge in [-0.1, -0.05) is 32.1 Å². The van der Waals surface area contributed by atoms with Crippen LogP contribution in [0.2, 0.25) is 0 Å². The van der Waals surface area contributed by atoms with Gasteiger partial charge in [0.15, 0.2) is 0 Å². The molecule has 0 spiro atoms. The van der Waals surface area contributed by atoms with Gasteiger partial charge < -0.3 is 15.8 Å². The number of carbonyl (C=O) groups is 1. The molecule has 0 radical (unpaired) electrons. The Bertz CT molecular complexity index is 293. The van der Waals surface area contributed by atoms with Crippen LogP contribution in [0.25, 0.3) is 0 Å². The van der Waals surface area contributed by atoms with Crippen molar-refractivity contribution in [2.24, 2.45) is 11.7 Å². The monoisotopic (exact) mass is 270 g/mol. The first-order chi connectivity index (χ1) is 8.74. The normalized spacial score (nSPS) is 20.7. The van der Waals surface area contributed by atoms with Crippen molar-refractivity contribution >= 4 is 6.09 Å². The molecule has 4 nitrogen and oxygen atoms in total.